The molecular weight excluding hydrogens is 291 g/mol. The van der Waals surface area contributed by atoms with Crippen molar-refractivity contribution in [3.05, 3.63) is 46.5 Å². The molecule has 1 unspecified atom stereocenters. The summed E-state index contributed by atoms with van der Waals surface area (Å²) in [4.78, 5) is 3.49. The summed E-state index contributed by atoms with van der Waals surface area (Å²) in [5.41, 5.74) is 0.606. The maximum Gasteiger partial charge on any atom is 0.261 e. The molecule has 0 bridgehead atoms. The lowest BCUT2D eigenvalue weighted by molar-refractivity contribution is 0.182. The number of sulfonamides is 1. The molecule has 0 aliphatic rings. The van der Waals surface area contributed by atoms with Gasteiger partial charge in [0.1, 0.15) is 0 Å². The minimum absolute atomic E-state index is 0.241. The van der Waals surface area contributed by atoms with Gasteiger partial charge >= 0.3 is 0 Å². The van der Waals surface area contributed by atoms with Crippen LogP contribution in [0, 0.1) is 5.82 Å². The van der Waals surface area contributed by atoms with Crippen LogP contribution in [0.5, 0.6) is 0 Å². The van der Waals surface area contributed by atoms with Gasteiger partial charge in [-0.2, -0.15) is 11.3 Å². The largest absolute Gasteiger partial charge is 0.387 e. The molecule has 2 aromatic heterocycles. The Morgan fingerprint density at radius 1 is 1.47 bits per heavy atom. The van der Waals surface area contributed by atoms with Gasteiger partial charge in [-0.15, -0.1) is 0 Å². The molecule has 2 rings (SSSR count). The summed E-state index contributed by atoms with van der Waals surface area (Å²) in [6, 6.07) is 4.00. The van der Waals surface area contributed by atoms with E-state index in [1.807, 2.05) is 0 Å². The van der Waals surface area contributed by atoms with E-state index >= 15 is 0 Å². The van der Waals surface area contributed by atoms with Crippen LogP contribution in [-0.2, 0) is 10.0 Å². The zero-order valence-corrected chi connectivity index (χ0v) is 11.3. The third kappa shape index (κ3) is 3.35. The second kappa shape index (κ2) is 5.74. The molecule has 0 spiro atoms. The van der Waals surface area contributed by atoms with E-state index in [4.69, 9.17) is 0 Å². The first-order valence-corrected chi connectivity index (χ1v) is 7.73. The Bertz CT molecular complexity index is 644. The monoisotopic (exact) mass is 302 g/mol. The van der Waals surface area contributed by atoms with Crippen molar-refractivity contribution in [3.8, 4) is 0 Å². The smallest absolute Gasteiger partial charge is 0.261 e. The molecule has 0 aromatic carbocycles. The van der Waals surface area contributed by atoms with E-state index in [0.717, 1.165) is 6.07 Å². The zero-order valence-electron chi connectivity index (χ0n) is 9.65. The minimum atomic E-state index is -4.07. The topological polar surface area (TPSA) is 79.3 Å². The van der Waals surface area contributed by atoms with Crippen molar-refractivity contribution in [2.45, 2.75) is 11.1 Å². The number of halogens is 1. The SMILES string of the molecule is O=S(=O)(NCC(O)c1ccsc1)c1ncccc1F. The number of hydrogen-bond acceptors (Lipinski definition) is 5. The molecular formula is C11H11FN2O3S2. The lowest BCUT2D eigenvalue weighted by atomic mass is 10.2. The number of aliphatic hydroxyl groups is 1. The average Bonchev–Trinajstić information content (AvgIpc) is 2.90. The molecule has 0 fully saturated rings. The van der Waals surface area contributed by atoms with Crippen LogP contribution in [0.25, 0.3) is 0 Å². The molecule has 0 saturated heterocycles. The molecule has 0 aliphatic carbocycles. The van der Waals surface area contributed by atoms with Gasteiger partial charge in [0.25, 0.3) is 10.0 Å². The summed E-state index contributed by atoms with van der Waals surface area (Å²) >= 11 is 1.39. The summed E-state index contributed by atoms with van der Waals surface area (Å²) in [6.07, 6.45) is 0.209. The van der Waals surface area contributed by atoms with Crippen molar-refractivity contribution in [2.24, 2.45) is 0 Å². The normalized spacial score (nSPS) is 13.4. The van der Waals surface area contributed by atoms with Crippen LogP contribution in [0.1, 0.15) is 11.7 Å². The number of hydrogen-bond donors (Lipinski definition) is 2. The van der Waals surface area contributed by atoms with Crippen LogP contribution >= 0.6 is 11.3 Å². The Kier molecular flexibility index (Phi) is 4.25. The van der Waals surface area contributed by atoms with Crippen LogP contribution in [0.3, 0.4) is 0 Å². The summed E-state index contributed by atoms with van der Waals surface area (Å²) in [7, 11) is -4.07. The van der Waals surface area contributed by atoms with E-state index in [1.54, 1.807) is 16.8 Å². The number of pyridine rings is 1. The predicted molar refractivity (Wildman–Crippen MR) is 68.7 cm³/mol. The molecule has 0 aliphatic heterocycles. The molecule has 5 nitrogen and oxygen atoms in total. The van der Waals surface area contributed by atoms with Crippen molar-refractivity contribution in [1.29, 1.82) is 0 Å². The molecule has 8 heteroatoms. The Labute approximate surface area is 113 Å². The number of nitrogens with zero attached hydrogens (tertiary/aromatic N) is 1. The van der Waals surface area contributed by atoms with Gasteiger partial charge in [-0.3, -0.25) is 0 Å². The highest BCUT2D eigenvalue weighted by atomic mass is 32.2. The van der Waals surface area contributed by atoms with Gasteiger partial charge in [0.15, 0.2) is 5.82 Å². The van der Waals surface area contributed by atoms with Crippen molar-refractivity contribution < 1.29 is 17.9 Å². The number of thiophene rings is 1. The lowest BCUT2D eigenvalue weighted by Crippen LogP contribution is -2.29. The van der Waals surface area contributed by atoms with E-state index in [-0.39, 0.29) is 6.54 Å². The van der Waals surface area contributed by atoms with Crippen molar-refractivity contribution in [3.63, 3.8) is 0 Å². The van der Waals surface area contributed by atoms with E-state index in [2.05, 4.69) is 9.71 Å². The molecule has 0 radical (unpaired) electrons. The standard InChI is InChI=1S/C11H11FN2O3S2/c12-9-2-1-4-13-11(9)19(16,17)14-6-10(15)8-3-5-18-7-8/h1-5,7,10,14-15H,6H2. The maximum atomic E-state index is 13.3. The van der Waals surface area contributed by atoms with Crippen LogP contribution in [0.15, 0.2) is 40.2 Å². The molecule has 1 atom stereocenters. The quantitative estimate of drug-likeness (QED) is 0.872. The second-order valence-electron chi connectivity index (χ2n) is 3.71. The van der Waals surface area contributed by atoms with Gasteiger partial charge in [-0.1, -0.05) is 0 Å². The molecule has 19 heavy (non-hydrogen) atoms. The van der Waals surface area contributed by atoms with Gasteiger partial charge in [0.2, 0.25) is 5.03 Å². The molecule has 2 aromatic rings. The summed E-state index contributed by atoms with van der Waals surface area (Å²) in [5, 5.41) is 12.6. The number of aliphatic hydroxyl groups excluding tert-OH is 1. The van der Waals surface area contributed by atoms with E-state index in [1.165, 1.54) is 23.6 Å². The molecule has 2 N–H and O–H groups in total. The number of rotatable bonds is 5. The fraction of sp³-hybridized carbons (Fsp3) is 0.182. The summed E-state index contributed by atoms with van der Waals surface area (Å²) in [6.45, 7) is -0.241. The Hall–Kier alpha value is -1.35. The first kappa shape index (κ1) is 14.1. The highest BCUT2D eigenvalue weighted by molar-refractivity contribution is 7.89. The van der Waals surface area contributed by atoms with Crippen molar-refractivity contribution >= 4 is 21.4 Å². The number of aromatic nitrogens is 1. The van der Waals surface area contributed by atoms with Gasteiger partial charge in [-0.05, 0) is 34.5 Å². The van der Waals surface area contributed by atoms with Crippen molar-refractivity contribution in [1.82, 2.24) is 9.71 Å². The van der Waals surface area contributed by atoms with Gasteiger partial charge < -0.3 is 5.11 Å². The van der Waals surface area contributed by atoms with Gasteiger partial charge in [0, 0.05) is 12.7 Å². The Morgan fingerprint density at radius 2 is 2.26 bits per heavy atom. The second-order valence-corrected chi connectivity index (χ2v) is 6.18. The zero-order chi connectivity index (χ0) is 13.9. The Balaban J connectivity index is 2.09. The molecule has 2 heterocycles. The van der Waals surface area contributed by atoms with Crippen LogP contribution < -0.4 is 4.72 Å². The fourth-order valence-corrected chi connectivity index (χ4v) is 3.15. The van der Waals surface area contributed by atoms with E-state index < -0.39 is 27.0 Å². The molecule has 0 saturated carbocycles. The fourth-order valence-electron chi connectivity index (χ4n) is 1.41. The average molecular weight is 302 g/mol. The highest BCUT2D eigenvalue weighted by Gasteiger charge is 2.21. The number of nitrogens with one attached hydrogen (secondary N) is 1. The van der Waals surface area contributed by atoms with E-state index in [9.17, 15) is 17.9 Å². The van der Waals surface area contributed by atoms with Crippen molar-refractivity contribution in [2.75, 3.05) is 6.54 Å². The molecule has 0 amide bonds. The third-order valence-electron chi connectivity index (χ3n) is 2.37. The first-order chi connectivity index (χ1) is 9.00. The highest BCUT2D eigenvalue weighted by Crippen LogP contribution is 2.16. The maximum absolute atomic E-state index is 13.3. The first-order valence-electron chi connectivity index (χ1n) is 5.31. The minimum Gasteiger partial charge on any atom is -0.387 e. The van der Waals surface area contributed by atoms with Crippen LogP contribution in [0.2, 0.25) is 0 Å². The van der Waals surface area contributed by atoms with Gasteiger partial charge in [0.05, 0.1) is 6.10 Å². The summed E-state index contributed by atoms with van der Waals surface area (Å²) < 4.78 is 39.1. The van der Waals surface area contributed by atoms with Crippen LogP contribution in [0.4, 0.5) is 4.39 Å². The predicted octanol–water partition coefficient (Wildman–Crippen LogP) is 1.29. The lowest BCUT2D eigenvalue weighted by Gasteiger charge is -2.10. The van der Waals surface area contributed by atoms with Crippen LogP contribution in [-0.4, -0.2) is 25.1 Å². The van der Waals surface area contributed by atoms with E-state index in [0.29, 0.717) is 5.56 Å². The van der Waals surface area contributed by atoms with Gasteiger partial charge in [-0.25, -0.2) is 22.5 Å². The summed E-state index contributed by atoms with van der Waals surface area (Å²) in [5.74, 6) is -0.931. The molecule has 102 valence electrons. The Morgan fingerprint density at radius 3 is 2.89 bits per heavy atom. The third-order valence-corrected chi connectivity index (χ3v) is 4.43.